The van der Waals surface area contributed by atoms with Gasteiger partial charge in [-0.1, -0.05) is 19.1 Å². The lowest BCUT2D eigenvalue weighted by Crippen LogP contribution is -2.68. The molecule has 0 amide bonds. The minimum atomic E-state index is 0.244. The number of piperidine rings is 1. The zero-order valence-corrected chi connectivity index (χ0v) is 28.1. The van der Waals surface area contributed by atoms with Gasteiger partial charge in [-0.2, -0.15) is 10.4 Å². The van der Waals surface area contributed by atoms with E-state index in [2.05, 4.69) is 63.1 Å². The van der Waals surface area contributed by atoms with E-state index in [0.29, 0.717) is 30.2 Å². The van der Waals surface area contributed by atoms with Crippen LogP contribution in [-0.2, 0) is 11.3 Å². The highest BCUT2D eigenvalue weighted by Crippen LogP contribution is 2.44. The molecule has 250 valence electrons. The molecule has 48 heavy (non-hydrogen) atoms. The Kier molecular flexibility index (Phi) is 8.45. The molecule has 1 spiro atoms. The molecular weight excluding hydrogens is 602 g/mol. The van der Waals surface area contributed by atoms with Crippen LogP contribution in [0.5, 0.6) is 11.5 Å². The summed E-state index contributed by atoms with van der Waals surface area (Å²) in [4.78, 5) is 12.5. The zero-order chi connectivity index (χ0) is 32.7. The fourth-order valence-corrected chi connectivity index (χ4v) is 8.68. The second-order valence-corrected chi connectivity index (χ2v) is 14.1. The Labute approximate surface area is 282 Å². The van der Waals surface area contributed by atoms with Crippen molar-refractivity contribution in [3.8, 4) is 28.7 Å². The molecule has 5 aliphatic rings. The number of aromatic nitrogens is 3. The summed E-state index contributed by atoms with van der Waals surface area (Å²) >= 11 is 0. The molecule has 4 unspecified atom stereocenters. The molecule has 4 aromatic rings. The monoisotopic (exact) mass is 647 g/mol. The number of fused-ring (bicyclic) bond motifs is 3. The molecule has 2 bridgehead atoms. The number of benzene rings is 1. The van der Waals surface area contributed by atoms with Gasteiger partial charge in [0, 0.05) is 67.6 Å². The van der Waals surface area contributed by atoms with Crippen LogP contribution in [0.1, 0.15) is 43.7 Å². The Hall–Kier alpha value is -4.17. The summed E-state index contributed by atoms with van der Waals surface area (Å²) in [5.74, 6) is 3.23. The van der Waals surface area contributed by atoms with Gasteiger partial charge >= 0.3 is 0 Å². The van der Waals surface area contributed by atoms with Gasteiger partial charge in [-0.25, -0.2) is 9.50 Å². The number of anilines is 1. The Balaban J connectivity index is 0.953. The van der Waals surface area contributed by atoms with Crippen molar-refractivity contribution in [2.45, 2.75) is 51.2 Å². The normalized spacial score (nSPS) is 25.7. The summed E-state index contributed by atoms with van der Waals surface area (Å²) in [7, 11) is 1.71. The minimum Gasteiger partial charge on any atom is -0.497 e. The molecule has 9 rings (SSSR count). The highest BCUT2D eigenvalue weighted by Gasteiger charge is 2.46. The van der Waals surface area contributed by atoms with E-state index in [1.54, 1.807) is 17.8 Å². The fourth-order valence-electron chi connectivity index (χ4n) is 8.68. The number of nitriles is 1. The van der Waals surface area contributed by atoms with E-state index in [9.17, 15) is 5.26 Å². The van der Waals surface area contributed by atoms with E-state index in [1.165, 1.54) is 18.4 Å². The van der Waals surface area contributed by atoms with Crippen LogP contribution in [0.4, 0.5) is 5.82 Å². The predicted octanol–water partition coefficient (Wildman–Crippen LogP) is 5.26. The molecule has 5 aliphatic heterocycles. The molecule has 8 heterocycles. The molecule has 4 atom stereocenters. The lowest BCUT2D eigenvalue weighted by molar-refractivity contribution is -0.0518. The largest absolute Gasteiger partial charge is 0.497 e. The summed E-state index contributed by atoms with van der Waals surface area (Å²) in [5, 5.41) is 14.4. The van der Waals surface area contributed by atoms with Crippen molar-refractivity contribution in [1.29, 1.82) is 5.26 Å². The van der Waals surface area contributed by atoms with E-state index >= 15 is 0 Å². The number of hydrogen-bond donors (Lipinski definition) is 0. The van der Waals surface area contributed by atoms with Crippen molar-refractivity contribution in [2.24, 2.45) is 11.3 Å². The summed E-state index contributed by atoms with van der Waals surface area (Å²) in [6.07, 6.45) is 10.00. The van der Waals surface area contributed by atoms with Gasteiger partial charge in [0.2, 0.25) is 0 Å². The number of pyridine rings is 2. The first-order chi connectivity index (χ1) is 23.6. The van der Waals surface area contributed by atoms with Crippen molar-refractivity contribution in [3.05, 3.63) is 72.2 Å². The summed E-state index contributed by atoms with van der Waals surface area (Å²) in [5.41, 5.74) is 4.74. The van der Waals surface area contributed by atoms with Gasteiger partial charge in [0.05, 0.1) is 43.8 Å². The van der Waals surface area contributed by atoms with E-state index in [-0.39, 0.29) is 5.41 Å². The molecule has 1 aromatic carbocycles. The van der Waals surface area contributed by atoms with Gasteiger partial charge in [0.25, 0.3) is 0 Å². The van der Waals surface area contributed by atoms with Crippen LogP contribution < -0.4 is 14.4 Å². The zero-order valence-electron chi connectivity index (χ0n) is 28.1. The van der Waals surface area contributed by atoms with Crippen molar-refractivity contribution < 1.29 is 14.2 Å². The average Bonchev–Trinajstić information content (AvgIpc) is 3.76. The smallest absolute Gasteiger partial charge is 0.138 e. The van der Waals surface area contributed by atoms with Crippen LogP contribution in [0, 0.1) is 22.7 Å². The standard InChI is InChI=1S/C38H45N7O3/c1-3-42-13-12-38(25-42)26-47-14-10-30(38)11-15-48-34-17-35(37-29(18-39)20-41-45(37)24-34)28-6-9-36(40-19-28)43-22-31-16-32(23-43)44(31)21-27-4-7-33(46-2)8-5-27/h4-9,17,19-20,24,30-32H,3,10-16,21-23,25-26H2,1-2H3. The number of likely N-dealkylation sites (tertiary alicyclic amines) is 1. The highest BCUT2D eigenvalue weighted by atomic mass is 16.5. The summed E-state index contributed by atoms with van der Waals surface area (Å²) < 4.78 is 19.5. The molecule has 10 heteroatoms. The Morgan fingerprint density at radius 1 is 1.08 bits per heavy atom. The van der Waals surface area contributed by atoms with Crippen molar-refractivity contribution in [1.82, 2.24) is 24.4 Å². The Bertz CT molecular complexity index is 1770. The molecule has 3 aromatic heterocycles. The topological polar surface area (TPSA) is 91.4 Å². The first-order valence-electron chi connectivity index (χ1n) is 17.5. The first-order valence-corrected chi connectivity index (χ1v) is 17.5. The number of methoxy groups -OCH3 is 1. The van der Waals surface area contributed by atoms with Gasteiger partial charge in [-0.15, -0.1) is 0 Å². The molecule has 0 radical (unpaired) electrons. The third-order valence-electron chi connectivity index (χ3n) is 11.5. The highest BCUT2D eigenvalue weighted by molar-refractivity contribution is 5.85. The predicted molar refractivity (Wildman–Crippen MR) is 184 cm³/mol. The number of piperazine rings is 1. The molecule has 5 fully saturated rings. The summed E-state index contributed by atoms with van der Waals surface area (Å²) in [6, 6.07) is 18.1. The van der Waals surface area contributed by atoms with E-state index in [4.69, 9.17) is 19.2 Å². The maximum absolute atomic E-state index is 9.89. The van der Waals surface area contributed by atoms with Crippen LogP contribution >= 0.6 is 0 Å². The number of ether oxygens (including phenoxy) is 3. The second-order valence-electron chi connectivity index (χ2n) is 14.1. The van der Waals surface area contributed by atoms with Crippen molar-refractivity contribution in [3.63, 3.8) is 0 Å². The fraction of sp³-hybridized carbons (Fsp3) is 0.500. The van der Waals surface area contributed by atoms with Crippen LogP contribution in [0.15, 0.2) is 61.1 Å². The maximum atomic E-state index is 9.89. The van der Waals surface area contributed by atoms with Crippen LogP contribution in [-0.4, -0.2) is 96.1 Å². The maximum Gasteiger partial charge on any atom is 0.138 e. The van der Waals surface area contributed by atoms with Crippen LogP contribution in [0.3, 0.4) is 0 Å². The van der Waals surface area contributed by atoms with Gasteiger partial charge in [0.1, 0.15) is 23.4 Å². The lowest BCUT2D eigenvalue weighted by atomic mass is 9.71. The van der Waals surface area contributed by atoms with Gasteiger partial charge in [-0.3, -0.25) is 4.90 Å². The molecule has 0 saturated carbocycles. The Morgan fingerprint density at radius 3 is 2.67 bits per heavy atom. The Morgan fingerprint density at radius 2 is 1.94 bits per heavy atom. The number of nitrogens with zero attached hydrogens (tertiary/aromatic N) is 7. The first kappa shape index (κ1) is 31.1. The third-order valence-corrected chi connectivity index (χ3v) is 11.5. The molecule has 5 saturated heterocycles. The number of hydrogen-bond acceptors (Lipinski definition) is 9. The van der Waals surface area contributed by atoms with E-state index < -0.39 is 0 Å². The van der Waals surface area contributed by atoms with Gasteiger partial charge in [0.15, 0.2) is 0 Å². The molecule has 0 N–H and O–H groups in total. The van der Waals surface area contributed by atoms with E-state index in [0.717, 1.165) is 99.3 Å². The SMILES string of the molecule is CCN1CCC2(COCCC2CCOc2cc(-c3ccc(N4CC5CC(C4)N5Cc4ccc(OC)cc4)nc3)c3c(C#N)cnn3c2)C1. The van der Waals surface area contributed by atoms with Gasteiger partial charge < -0.3 is 24.0 Å². The van der Waals surface area contributed by atoms with Crippen LogP contribution in [0.25, 0.3) is 16.6 Å². The average molecular weight is 648 g/mol. The van der Waals surface area contributed by atoms with Crippen LogP contribution in [0.2, 0.25) is 0 Å². The lowest BCUT2D eigenvalue weighted by Gasteiger charge is -2.56. The molecule has 10 nitrogen and oxygen atoms in total. The molecule has 0 aliphatic carbocycles. The number of rotatable bonds is 10. The van der Waals surface area contributed by atoms with Gasteiger partial charge in [-0.05, 0) is 80.6 Å². The quantitative estimate of drug-likeness (QED) is 0.229. The summed E-state index contributed by atoms with van der Waals surface area (Å²) in [6.45, 7) is 10.9. The minimum absolute atomic E-state index is 0.244. The second kappa shape index (κ2) is 13.0. The van der Waals surface area contributed by atoms with Crippen molar-refractivity contribution in [2.75, 3.05) is 64.6 Å². The third kappa shape index (κ3) is 5.78. The van der Waals surface area contributed by atoms with E-state index in [1.807, 2.05) is 24.5 Å². The van der Waals surface area contributed by atoms with Crippen molar-refractivity contribution >= 4 is 11.3 Å². The molecular formula is C38H45N7O3.